The number of fused-ring (bicyclic) bond motifs is 6. The lowest BCUT2D eigenvalue weighted by molar-refractivity contribution is 0.0983. The van der Waals surface area contributed by atoms with Gasteiger partial charge in [-0.1, -0.05) is 13.8 Å². The average Bonchev–Trinajstić information content (AvgIpc) is 3.02. The van der Waals surface area contributed by atoms with Crippen LogP contribution in [0, 0.1) is 5.92 Å². The Bertz CT molecular complexity index is 580. The predicted molar refractivity (Wildman–Crippen MR) is 77.0 cm³/mol. The highest BCUT2D eigenvalue weighted by molar-refractivity contribution is 6.04. The summed E-state index contributed by atoms with van der Waals surface area (Å²) in [5, 5.41) is 0. The first-order valence-corrected chi connectivity index (χ1v) is 7.91. The Kier molecular flexibility index (Phi) is 2.43. The van der Waals surface area contributed by atoms with E-state index in [1.165, 1.54) is 48.8 Å². The van der Waals surface area contributed by atoms with Crippen LogP contribution in [0.2, 0.25) is 0 Å². The van der Waals surface area contributed by atoms with Crippen LogP contribution in [0.25, 0.3) is 0 Å². The van der Waals surface area contributed by atoms with Crippen molar-refractivity contribution in [3.63, 3.8) is 0 Å². The van der Waals surface area contributed by atoms with Gasteiger partial charge in [-0.25, -0.2) is 0 Å². The van der Waals surface area contributed by atoms with Gasteiger partial charge in [0.1, 0.15) is 0 Å². The Morgan fingerprint density at radius 1 is 0.895 bits per heavy atom. The summed E-state index contributed by atoms with van der Waals surface area (Å²) >= 11 is 0. The molecule has 0 spiro atoms. The molecule has 0 radical (unpaired) electrons. The fraction of sp³-hybridized carbons (Fsp3) is 0.611. The quantitative estimate of drug-likeness (QED) is 0.740. The van der Waals surface area contributed by atoms with Gasteiger partial charge in [0.15, 0.2) is 5.78 Å². The molecule has 0 N–H and O–H groups in total. The van der Waals surface area contributed by atoms with Gasteiger partial charge in [-0.2, -0.15) is 0 Å². The molecule has 0 heterocycles. The van der Waals surface area contributed by atoms with Crippen LogP contribution in [0.15, 0.2) is 0 Å². The molecule has 100 valence electrons. The van der Waals surface area contributed by atoms with Gasteiger partial charge < -0.3 is 0 Å². The molecule has 0 saturated carbocycles. The maximum atomic E-state index is 12.5. The van der Waals surface area contributed by atoms with Crippen molar-refractivity contribution in [1.29, 1.82) is 0 Å². The lowest BCUT2D eigenvalue weighted by Gasteiger charge is -2.21. The summed E-state index contributed by atoms with van der Waals surface area (Å²) in [5.41, 5.74) is 8.99. The van der Waals surface area contributed by atoms with E-state index in [0.717, 1.165) is 12.8 Å². The minimum Gasteiger partial charge on any atom is -0.294 e. The van der Waals surface area contributed by atoms with Crippen molar-refractivity contribution in [3.05, 3.63) is 33.4 Å². The molecule has 1 unspecified atom stereocenters. The van der Waals surface area contributed by atoms with E-state index in [9.17, 15) is 4.79 Å². The van der Waals surface area contributed by atoms with Crippen molar-refractivity contribution in [1.82, 2.24) is 0 Å². The van der Waals surface area contributed by atoms with Crippen molar-refractivity contribution in [2.45, 2.75) is 64.7 Å². The van der Waals surface area contributed by atoms with Crippen molar-refractivity contribution in [3.8, 4) is 0 Å². The third kappa shape index (κ3) is 1.45. The summed E-state index contributed by atoms with van der Waals surface area (Å²) in [6.45, 7) is 4.56. The zero-order valence-electron chi connectivity index (χ0n) is 12.0. The second kappa shape index (κ2) is 3.94. The topological polar surface area (TPSA) is 17.1 Å². The number of carbonyl (C=O) groups is 1. The summed E-state index contributed by atoms with van der Waals surface area (Å²) in [6, 6.07) is 0. The van der Waals surface area contributed by atoms with E-state index in [1.54, 1.807) is 16.7 Å². The monoisotopic (exact) mass is 254 g/mol. The van der Waals surface area contributed by atoms with E-state index in [4.69, 9.17) is 0 Å². The van der Waals surface area contributed by atoms with Gasteiger partial charge in [0.2, 0.25) is 0 Å². The molecular formula is C18H22O. The van der Waals surface area contributed by atoms with E-state index in [-0.39, 0.29) is 0 Å². The average molecular weight is 254 g/mol. The van der Waals surface area contributed by atoms with Gasteiger partial charge in [-0.15, -0.1) is 0 Å². The number of carbonyl (C=O) groups excluding carboxylic acids is 1. The molecule has 1 aromatic carbocycles. The SMILES string of the molecule is CC(C)C1CC(=O)c2c3c(c4c(c21)CCC4)CCC3. The lowest BCUT2D eigenvalue weighted by Crippen LogP contribution is -2.08. The second-order valence-corrected chi connectivity index (χ2v) is 6.89. The van der Waals surface area contributed by atoms with Gasteiger partial charge in [0.25, 0.3) is 0 Å². The van der Waals surface area contributed by atoms with Crippen LogP contribution >= 0.6 is 0 Å². The molecule has 0 bridgehead atoms. The molecule has 3 aliphatic rings. The molecule has 0 amide bonds. The molecule has 1 atom stereocenters. The Morgan fingerprint density at radius 3 is 2.16 bits per heavy atom. The molecule has 4 rings (SSSR count). The van der Waals surface area contributed by atoms with Gasteiger partial charge in [0, 0.05) is 12.0 Å². The number of Topliss-reactive ketones (excluding diaryl/α,β-unsaturated/α-hetero) is 1. The maximum absolute atomic E-state index is 12.5. The second-order valence-electron chi connectivity index (χ2n) is 6.89. The first-order chi connectivity index (χ1) is 9.18. The van der Waals surface area contributed by atoms with Gasteiger partial charge in [-0.3, -0.25) is 4.79 Å². The molecule has 1 nitrogen and oxygen atoms in total. The fourth-order valence-electron chi connectivity index (χ4n) is 4.74. The Labute approximate surface area is 115 Å². The molecule has 0 fully saturated rings. The zero-order valence-corrected chi connectivity index (χ0v) is 12.0. The summed E-state index contributed by atoms with van der Waals surface area (Å²) in [6.07, 6.45) is 8.21. The third-order valence-corrected chi connectivity index (χ3v) is 5.56. The van der Waals surface area contributed by atoms with Crippen molar-refractivity contribution < 1.29 is 4.79 Å². The van der Waals surface area contributed by atoms with Crippen molar-refractivity contribution in [2.75, 3.05) is 0 Å². The molecule has 3 aliphatic carbocycles. The summed E-state index contributed by atoms with van der Waals surface area (Å²) in [5.74, 6) is 1.54. The molecular weight excluding hydrogens is 232 g/mol. The summed E-state index contributed by atoms with van der Waals surface area (Å²) in [4.78, 5) is 12.5. The number of rotatable bonds is 1. The molecule has 0 aliphatic heterocycles. The number of hydrogen-bond acceptors (Lipinski definition) is 1. The Balaban J connectivity index is 2.04. The smallest absolute Gasteiger partial charge is 0.164 e. The largest absolute Gasteiger partial charge is 0.294 e. The van der Waals surface area contributed by atoms with E-state index < -0.39 is 0 Å². The van der Waals surface area contributed by atoms with E-state index in [1.807, 2.05) is 0 Å². The number of ketones is 1. The van der Waals surface area contributed by atoms with Crippen LogP contribution in [0.4, 0.5) is 0 Å². The third-order valence-electron chi connectivity index (χ3n) is 5.56. The van der Waals surface area contributed by atoms with Crippen LogP contribution < -0.4 is 0 Å². The highest BCUT2D eigenvalue weighted by Crippen LogP contribution is 2.48. The molecule has 1 aromatic rings. The standard InChI is InChI=1S/C18H22O/c1-10(2)15-9-16(19)18-14-8-4-6-12(14)11-5-3-7-13(11)17(15)18/h10,15H,3-9H2,1-2H3. The number of benzene rings is 1. The van der Waals surface area contributed by atoms with Crippen LogP contribution in [0.5, 0.6) is 0 Å². The minimum absolute atomic E-state index is 0.446. The minimum atomic E-state index is 0.446. The van der Waals surface area contributed by atoms with Crippen LogP contribution in [0.3, 0.4) is 0 Å². The van der Waals surface area contributed by atoms with E-state index in [2.05, 4.69) is 13.8 Å². The summed E-state index contributed by atoms with van der Waals surface area (Å²) < 4.78 is 0. The fourth-order valence-corrected chi connectivity index (χ4v) is 4.74. The first-order valence-electron chi connectivity index (χ1n) is 7.91. The van der Waals surface area contributed by atoms with Crippen molar-refractivity contribution in [2.24, 2.45) is 5.92 Å². The van der Waals surface area contributed by atoms with E-state index >= 15 is 0 Å². The predicted octanol–water partition coefficient (Wildman–Crippen LogP) is 3.99. The Hall–Kier alpha value is -1.11. The van der Waals surface area contributed by atoms with Gasteiger partial charge in [0.05, 0.1) is 0 Å². The molecule has 1 heteroatoms. The van der Waals surface area contributed by atoms with E-state index in [0.29, 0.717) is 17.6 Å². The molecule has 0 aromatic heterocycles. The van der Waals surface area contributed by atoms with Crippen molar-refractivity contribution >= 4 is 5.78 Å². The van der Waals surface area contributed by atoms with Gasteiger partial charge >= 0.3 is 0 Å². The van der Waals surface area contributed by atoms with Crippen LogP contribution in [-0.2, 0) is 25.7 Å². The van der Waals surface area contributed by atoms with Crippen LogP contribution in [-0.4, -0.2) is 5.78 Å². The van der Waals surface area contributed by atoms with Crippen LogP contribution in [0.1, 0.15) is 77.2 Å². The zero-order chi connectivity index (χ0) is 13.1. The highest BCUT2D eigenvalue weighted by atomic mass is 16.1. The molecule has 19 heavy (non-hydrogen) atoms. The lowest BCUT2D eigenvalue weighted by atomic mass is 9.83. The highest BCUT2D eigenvalue weighted by Gasteiger charge is 2.39. The molecule has 0 saturated heterocycles. The Morgan fingerprint density at radius 2 is 1.47 bits per heavy atom. The summed E-state index contributed by atoms with van der Waals surface area (Å²) in [7, 11) is 0. The first kappa shape index (κ1) is 11.7. The van der Waals surface area contributed by atoms with Gasteiger partial charge in [-0.05, 0) is 78.2 Å². The number of hydrogen-bond donors (Lipinski definition) is 0. The maximum Gasteiger partial charge on any atom is 0.164 e. The normalized spacial score (nSPS) is 23.9.